The average molecular weight is 274 g/mol. The van der Waals surface area contributed by atoms with Crippen molar-refractivity contribution in [2.24, 2.45) is 0 Å². The third kappa shape index (κ3) is 2.32. The van der Waals surface area contributed by atoms with E-state index >= 15 is 0 Å². The molecule has 0 aliphatic carbocycles. The SMILES string of the molecule is CSC1=C(C#N)[C@@H](c2ccco2)C(C(C)=O)=C(C)N1. The first-order chi connectivity index (χ1) is 9.10. The predicted molar refractivity (Wildman–Crippen MR) is 74.1 cm³/mol. The van der Waals surface area contributed by atoms with Crippen molar-refractivity contribution in [2.45, 2.75) is 19.8 Å². The van der Waals surface area contributed by atoms with Crippen molar-refractivity contribution < 1.29 is 9.21 Å². The monoisotopic (exact) mass is 274 g/mol. The highest BCUT2D eigenvalue weighted by molar-refractivity contribution is 8.02. The van der Waals surface area contributed by atoms with Crippen LogP contribution >= 0.6 is 11.8 Å². The van der Waals surface area contributed by atoms with Crippen LogP contribution in [0.5, 0.6) is 0 Å². The Bertz CT molecular complexity index is 606. The summed E-state index contributed by atoms with van der Waals surface area (Å²) in [5, 5.41) is 13.3. The number of nitriles is 1. The van der Waals surface area contributed by atoms with E-state index in [0.29, 0.717) is 16.9 Å². The number of carbonyl (C=O) groups is 1. The van der Waals surface area contributed by atoms with E-state index in [1.807, 2.05) is 13.2 Å². The van der Waals surface area contributed by atoms with Crippen LogP contribution in [0.2, 0.25) is 0 Å². The largest absolute Gasteiger partial charge is 0.468 e. The zero-order valence-electron chi connectivity index (χ0n) is 11.0. The van der Waals surface area contributed by atoms with Crippen LogP contribution in [0.15, 0.2) is 44.7 Å². The molecule has 2 rings (SSSR count). The molecule has 1 N–H and O–H groups in total. The maximum Gasteiger partial charge on any atom is 0.158 e. The van der Waals surface area contributed by atoms with Crippen molar-refractivity contribution in [1.29, 1.82) is 5.26 Å². The van der Waals surface area contributed by atoms with Crippen LogP contribution in [-0.2, 0) is 4.79 Å². The van der Waals surface area contributed by atoms with Crippen molar-refractivity contribution in [3.05, 3.63) is 46.0 Å². The van der Waals surface area contributed by atoms with Crippen molar-refractivity contribution >= 4 is 17.5 Å². The van der Waals surface area contributed by atoms with Gasteiger partial charge in [0.1, 0.15) is 5.76 Å². The van der Waals surface area contributed by atoms with Gasteiger partial charge in [0.15, 0.2) is 5.78 Å². The van der Waals surface area contributed by atoms with E-state index in [0.717, 1.165) is 10.7 Å². The van der Waals surface area contributed by atoms with E-state index < -0.39 is 5.92 Å². The van der Waals surface area contributed by atoms with Gasteiger partial charge in [0.05, 0.1) is 28.9 Å². The summed E-state index contributed by atoms with van der Waals surface area (Å²) in [5.74, 6) is 0.148. The molecule has 19 heavy (non-hydrogen) atoms. The zero-order chi connectivity index (χ0) is 14.0. The van der Waals surface area contributed by atoms with Crippen LogP contribution < -0.4 is 5.32 Å². The molecule has 0 saturated heterocycles. The lowest BCUT2D eigenvalue weighted by Gasteiger charge is -2.27. The molecule has 0 spiro atoms. The molecular formula is C14H14N2O2S. The summed E-state index contributed by atoms with van der Waals surface area (Å²) in [6.07, 6.45) is 3.45. The Morgan fingerprint density at radius 3 is 2.79 bits per heavy atom. The molecule has 0 bridgehead atoms. The molecule has 0 radical (unpaired) electrons. The number of hydrogen-bond acceptors (Lipinski definition) is 5. The minimum atomic E-state index is -0.416. The van der Waals surface area contributed by atoms with E-state index in [4.69, 9.17) is 4.42 Å². The Labute approximate surface area is 116 Å². The third-order valence-electron chi connectivity index (χ3n) is 3.06. The lowest BCUT2D eigenvalue weighted by atomic mass is 9.84. The minimum absolute atomic E-state index is 0.0562. The summed E-state index contributed by atoms with van der Waals surface area (Å²) in [6, 6.07) is 5.75. The van der Waals surface area contributed by atoms with E-state index in [1.165, 1.54) is 18.7 Å². The van der Waals surface area contributed by atoms with Gasteiger partial charge >= 0.3 is 0 Å². The molecule has 1 aliphatic rings. The van der Waals surface area contributed by atoms with E-state index in [-0.39, 0.29) is 5.78 Å². The molecule has 5 heteroatoms. The number of furan rings is 1. The number of hydrogen-bond donors (Lipinski definition) is 1. The summed E-state index contributed by atoms with van der Waals surface area (Å²) in [6.45, 7) is 3.35. The van der Waals surface area contributed by atoms with Gasteiger partial charge in [-0.05, 0) is 32.2 Å². The number of allylic oxidation sites excluding steroid dienone is 3. The quantitative estimate of drug-likeness (QED) is 0.918. The summed E-state index contributed by atoms with van der Waals surface area (Å²) < 4.78 is 5.42. The predicted octanol–water partition coefficient (Wildman–Crippen LogP) is 2.93. The Kier molecular flexibility index (Phi) is 3.82. The fourth-order valence-corrected chi connectivity index (χ4v) is 2.92. The standard InChI is InChI=1S/C14H14N2O2S/c1-8-12(9(2)17)13(11-5-4-6-18-11)10(7-15)14(16-8)19-3/h4-6,13,16H,1-3H3/t13-/m0/s1. The molecule has 0 saturated carbocycles. The third-order valence-corrected chi connectivity index (χ3v) is 3.79. The number of nitrogens with one attached hydrogen (secondary N) is 1. The molecule has 1 aliphatic heterocycles. The number of thioether (sulfide) groups is 1. The first-order valence-corrected chi connectivity index (χ1v) is 7.03. The number of nitrogens with zero attached hydrogens (tertiary/aromatic N) is 1. The second-order valence-corrected chi connectivity index (χ2v) is 5.04. The van der Waals surface area contributed by atoms with Gasteiger partial charge in [0, 0.05) is 11.3 Å². The Balaban J connectivity index is 2.64. The van der Waals surface area contributed by atoms with Crippen molar-refractivity contribution in [1.82, 2.24) is 5.32 Å². The highest BCUT2D eigenvalue weighted by Gasteiger charge is 2.34. The Morgan fingerprint density at radius 1 is 1.58 bits per heavy atom. The van der Waals surface area contributed by atoms with Crippen LogP contribution in [0.25, 0.3) is 0 Å². The van der Waals surface area contributed by atoms with Gasteiger partial charge < -0.3 is 9.73 Å². The van der Waals surface area contributed by atoms with E-state index in [1.54, 1.807) is 18.4 Å². The number of Topliss-reactive ketones (excluding diaryl/α,β-unsaturated/α-hetero) is 1. The molecule has 1 aromatic heterocycles. The second kappa shape index (κ2) is 5.37. The smallest absolute Gasteiger partial charge is 0.158 e. The summed E-state index contributed by atoms with van der Waals surface area (Å²) >= 11 is 1.46. The van der Waals surface area contributed by atoms with Gasteiger partial charge in [0.2, 0.25) is 0 Å². The van der Waals surface area contributed by atoms with E-state index in [9.17, 15) is 10.1 Å². The van der Waals surface area contributed by atoms with Crippen molar-refractivity contribution in [2.75, 3.05) is 6.26 Å². The van der Waals surface area contributed by atoms with Crippen molar-refractivity contribution in [3.63, 3.8) is 0 Å². The molecule has 0 fully saturated rings. The average Bonchev–Trinajstić information content (AvgIpc) is 2.90. The summed E-state index contributed by atoms with van der Waals surface area (Å²) in [4.78, 5) is 11.9. The first-order valence-electron chi connectivity index (χ1n) is 5.80. The molecule has 1 aromatic rings. The molecule has 4 nitrogen and oxygen atoms in total. The van der Waals surface area contributed by atoms with Crippen LogP contribution in [0.4, 0.5) is 0 Å². The fraction of sp³-hybridized carbons (Fsp3) is 0.286. The van der Waals surface area contributed by atoms with Crippen LogP contribution in [0, 0.1) is 11.3 Å². The maximum absolute atomic E-state index is 11.9. The first kappa shape index (κ1) is 13.5. The van der Waals surface area contributed by atoms with Crippen LogP contribution in [0.3, 0.4) is 0 Å². The van der Waals surface area contributed by atoms with Gasteiger partial charge in [0.25, 0.3) is 0 Å². The van der Waals surface area contributed by atoms with Gasteiger partial charge in [-0.3, -0.25) is 4.79 Å². The van der Waals surface area contributed by atoms with Crippen LogP contribution in [0.1, 0.15) is 25.5 Å². The molecule has 98 valence electrons. The topological polar surface area (TPSA) is 66.0 Å². The summed E-state index contributed by atoms with van der Waals surface area (Å²) in [5.41, 5.74) is 1.89. The molecule has 0 unspecified atom stereocenters. The lowest BCUT2D eigenvalue weighted by Crippen LogP contribution is -2.26. The van der Waals surface area contributed by atoms with Gasteiger partial charge in [-0.15, -0.1) is 11.8 Å². The normalized spacial score (nSPS) is 19.2. The summed E-state index contributed by atoms with van der Waals surface area (Å²) in [7, 11) is 0. The second-order valence-electron chi connectivity index (χ2n) is 4.23. The molecular weight excluding hydrogens is 260 g/mol. The van der Waals surface area contributed by atoms with Crippen molar-refractivity contribution in [3.8, 4) is 6.07 Å². The zero-order valence-corrected chi connectivity index (χ0v) is 11.8. The van der Waals surface area contributed by atoms with Gasteiger partial charge in [-0.2, -0.15) is 5.26 Å². The van der Waals surface area contributed by atoms with Gasteiger partial charge in [-0.25, -0.2) is 0 Å². The molecule has 2 heterocycles. The lowest BCUT2D eigenvalue weighted by molar-refractivity contribution is -0.113. The van der Waals surface area contributed by atoms with Crippen LogP contribution in [-0.4, -0.2) is 12.0 Å². The molecule has 0 aromatic carbocycles. The van der Waals surface area contributed by atoms with E-state index in [2.05, 4.69) is 11.4 Å². The van der Waals surface area contributed by atoms with Gasteiger partial charge in [-0.1, -0.05) is 0 Å². The number of rotatable bonds is 3. The Hall–Kier alpha value is -1.93. The minimum Gasteiger partial charge on any atom is -0.468 e. The number of carbonyl (C=O) groups excluding carboxylic acids is 1. The number of dihydropyridines is 1. The maximum atomic E-state index is 11.9. The highest BCUT2D eigenvalue weighted by atomic mass is 32.2. The molecule has 1 atom stereocenters. The fourth-order valence-electron chi connectivity index (χ4n) is 2.28. The molecule has 0 amide bonds. The Morgan fingerprint density at radius 2 is 2.32 bits per heavy atom. The highest BCUT2D eigenvalue weighted by Crippen LogP contribution is 2.40. The number of ketones is 1.